The van der Waals surface area contributed by atoms with E-state index in [1.807, 2.05) is 11.8 Å². The quantitative estimate of drug-likeness (QED) is 0.775. The van der Waals surface area contributed by atoms with Crippen LogP contribution in [0, 0.1) is 0 Å². The van der Waals surface area contributed by atoms with Crippen LogP contribution in [0.1, 0.15) is 18.1 Å². The third-order valence-corrected chi connectivity index (χ3v) is 2.54. The molecule has 1 aromatic rings. The smallest absolute Gasteiger partial charge is 0.0205 e. The topological polar surface area (TPSA) is 12.0 Å². The Morgan fingerprint density at radius 2 is 1.77 bits per heavy atom. The summed E-state index contributed by atoms with van der Waals surface area (Å²) in [6.45, 7) is 4.14. The van der Waals surface area contributed by atoms with E-state index in [2.05, 4.69) is 42.8 Å². The fraction of sp³-hybridized carbons (Fsp3) is 0.455. The van der Waals surface area contributed by atoms with Crippen molar-refractivity contribution in [2.24, 2.45) is 0 Å². The average Bonchev–Trinajstić information content (AvgIpc) is 2.17. The molecule has 0 aliphatic heterocycles. The summed E-state index contributed by atoms with van der Waals surface area (Å²) in [6.07, 6.45) is 2.13. The van der Waals surface area contributed by atoms with Crippen molar-refractivity contribution in [3.63, 3.8) is 0 Å². The van der Waals surface area contributed by atoms with E-state index >= 15 is 0 Å². The predicted molar refractivity (Wildman–Crippen MR) is 61.0 cm³/mol. The molecule has 0 unspecified atom stereocenters. The molecule has 0 bridgehead atoms. The van der Waals surface area contributed by atoms with Crippen LogP contribution in [0.25, 0.3) is 0 Å². The van der Waals surface area contributed by atoms with Crippen molar-refractivity contribution in [3.8, 4) is 0 Å². The summed E-state index contributed by atoms with van der Waals surface area (Å²) in [5.74, 6) is 1.11. The second-order valence-corrected chi connectivity index (χ2v) is 3.90. The Labute approximate surface area is 84.9 Å². The van der Waals surface area contributed by atoms with E-state index in [4.69, 9.17) is 0 Å². The van der Waals surface area contributed by atoms with E-state index in [-0.39, 0.29) is 0 Å². The van der Waals surface area contributed by atoms with Gasteiger partial charge in [0.05, 0.1) is 0 Å². The van der Waals surface area contributed by atoms with Crippen LogP contribution in [0.15, 0.2) is 24.3 Å². The molecule has 1 nitrogen and oxygen atoms in total. The molecule has 0 aliphatic carbocycles. The lowest BCUT2D eigenvalue weighted by atomic mass is 10.1. The number of benzene rings is 1. The summed E-state index contributed by atoms with van der Waals surface area (Å²) in [5.41, 5.74) is 2.78. The van der Waals surface area contributed by atoms with Crippen LogP contribution >= 0.6 is 11.8 Å². The number of thioether (sulfide) groups is 1. The highest BCUT2D eigenvalue weighted by Crippen LogP contribution is 2.10. The van der Waals surface area contributed by atoms with Crippen molar-refractivity contribution in [2.75, 3.05) is 12.8 Å². The largest absolute Gasteiger partial charge is 0.313 e. The molecule has 0 amide bonds. The van der Waals surface area contributed by atoms with Crippen LogP contribution in [0.2, 0.25) is 0 Å². The lowest BCUT2D eigenvalue weighted by Crippen LogP contribution is -2.11. The Morgan fingerprint density at radius 1 is 1.15 bits per heavy atom. The molecule has 0 heterocycles. The van der Waals surface area contributed by atoms with Crippen molar-refractivity contribution >= 4 is 11.8 Å². The Balaban J connectivity index is 2.48. The molecule has 0 aliphatic rings. The highest BCUT2D eigenvalue weighted by atomic mass is 32.2. The lowest BCUT2D eigenvalue weighted by Gasteiger charge is -2.03. The molecule has 72 valence electrons. The summed E-state index contributed by atoms with van der Waals surface area (Å²) in [6, 6.07) is 8.83. The van der Waals surface area contributed by atoms with Gasteiger partial charge in [-0.2, -0.15) is 11.8 Å². The van der Waals surface area contributed by atoms with Gasteiger partial charge in [0.1, 0.15) is 0 Å². The first-order valence-electron chi connectivity index (χ1n) is 4.64. The third kappa shape index (κ3) is 3.83. The molecule has 0 aromatic heterocycles. The molecule has 0 atom stereocenters. The van der Waals surface area contributed by atoms with Crippen molar-refractivity contribution in [1.29, 1.82) is 0 Å². The standard InChI is InChI=1S/C11H17NS/c1-3-12-8-10-4-6-11(7-5-10)9-13-2/h4-7,12H,3,8-9H2,1-2H3. The van der Waals surface area contributed by atoms with Gasteiger partial charge in [0.15, 0.2) is 0 Å². The van der Waals surface area contributed by atoms with Crippen molar-refractivity contribution < 1.29 is 0 Å². The van der Waals surface area contributed by atoms with Gasteiger partial charge in [-0.3, -0.25) is 0 Å². The van der Waals surface area contributed by atoms with Crippen LogP contribution in [0.5, 0.6) is 0 Å². The van der Waals surface area contributed by atoms with Crippen molar-refractivity contribution in [3.05, 3.63) is 35.4 Å². The molecular weight excluding hydrogens is 178 g/mol. The zero-order valence-electron chi connectivity index (χ0n) is 8.34. The van der Waals surface area contributed by atoms with Gasteiger partial charge in [-0.05, 0) is 23.9 Å². The van der Waals surface area contributed by atoms with Gasteiger partial charge in [-0.25, -0.2) is 0 Å². The van der Waals surface area contributed by atoms with E-state index in [1.54, 1.807) is 0 Å². The Morgan fingerprint density at radius 3 is 2.31 bits per heavy atom. The maximum absolute atomic E-state index is 3.31. The normalized spacial score (nSPS) is 10.3. The summed E-state index contributed by atoms with van der Waals surface area (Å²) >= 11 is 1.86. The minimum Gasteiger partial charge on any atom is -0.313 e. The van der Waals surface area contributed by atoms with Crippen molar-refractivity contribution in [1.82, 2.24) is 5.32 Å². The van der Waals surface area contributed by atoms with Crippen LogP contribution < -0.4 is 5.32 Å². The molecule has 0 saturated carbocycles. The van der Waals surface area contributed by atoms with E-state index in [0.29, 0.717) is 0 Å². The summed E-state index contributed by atoms with van der Waals surface area (Å²) < 4.78 is 0. The van der Waals surface area contributed by atoms with E-state index in [1.165, 1.54) is 11.1 Å². The first kappa shape index (κ1) is 10.6. The maximum atomic E-state index is 3.31. The van der Waals surface area contributed by atoms with Crippen LogP contribution in [-0.4, -0.2) is 12.8 Å². The SMILES string of the molecule is CCNCc1ccc(CSC)cc1. The van der Waals surface area contributed by atoms with Gasteiger partial charge in [0, 0.05) is 12.3 Å². The fourth-order valence-corrected chi connectivity index (χ4v) is 1.72. The highest BCUT2D eigenvalue weighted by molar-refractivity contribution is 7.97. The molecule has 1 rings (SSSR count). The minimum atomic E-state index is 0.982. The maximum Gasteiger partial charge on any atom is 0.0205 e. The molecule has 2 heteroatoms. The zero-order chi connectivity index (χ0) is 9.52. The van der Waals surface area contributed by atoms with Crippen LogP contribution in [0.4, 0.5) is 0 Å². The van der Waals surface area contributed by atoms with Crippen LogP contribution in [-0.2, 0) is 12.3 Å². The van der Waals surface area contributed by atoms with Gasteiger partial charge >= 0.3 is 0 Å². The molecule has 1 aromatic carbocycles. The number of nitrogens with one attached hydrogen (secondary N) is 1. The van der Waals surface area contributed by atoms with Crippen molar-refractivity contribution in [2.45, 2.75) is 19.2 Å². The van der Waals surface area contributed by atoms with Gasteiger partial charge in [-0.1, -0.05) is 31.2 Å². The molecule has 0 saturated heterocycles. The molecule has 0 radical (unpaired) electrons. The lowest BCUT2D eigenvalue weighted by molar-refractivity contribution is 0.726. The number of hydrogen-bond acceptors (Lipinski definition) is 2. The molecule has 0 spiro atoms. The summed E-state index contributed by atoms with van der Waals surface area (Å²) in [5, 5.41) is 3.31. The second-order valence-electron chi connectivity index (χ2n) is 3.03. The van der Waals surface area contributed by atoms with Gasteiger partial charge < -0.3 is 5.32 Å². The number of hydrogen-bond donors (Lipinski definition) is 1. The first-order valence-corrected chi connectivity index (χ1v) is 6.03. The Hall–Kier alpha value is -0.470. The molecular formula is C11H17NS. The first-order chi connectivity index (χ1) is 6.36. The molecule has 0 fully saturated rings. The van der Waals surface area contributed by atoms with Gasteiger partial charge in [-0.15, -0.1) is 0 Å². The number of rotatable bonds is 5. The fourth-order valence-electron chi connectivity index (χ4n) is 1.19. The van der Waals surface area contributed by atoms with E-state index in [9.17, 15) is 0 Å². The highest BCUT2D eigenvalue weighted by Gasteiger charge is 1.92. The summed E-state index contributed by atoms with van der Waals surface area (Å²) in [4.78, 5) is 0. The Bertz CT molecular complexity index is 230. The monoisotopic (exact) mass is 195 g/mol. The van der Waals surface area contributed by atoms with Gasteiger partial charge in [0.2, 0.25) is 0 Å². The second kappa shape index (κ2) is 6.06. The average molecular weight is 195 g/mol. The summed E-state index contributed by atoms with van der Waals surface area (Å²) in [7, 11) is 0. The van der Waals surface area contributed by atoms with Crippen LogP contribution in [0.3, 0.4) is 0 Å². The molecule has 13 heavy (non-hydrogen) atoms. The minimum absolute atomic E-state index is 0.982. The molecule has 1 N–H and O–H groups in total. The van der Waals surface area contributed by atoms with E-state index < -0.39 is 0 Å². The predicted octanol–water partition coefficient (Wildman–Crippen LogP) is 2.66. The van der Waals surface area contributed by atoms with Gasteiger partial charge in [0.25, 0.3) is 0 Å². The Kier molecular flexibility index (Phi) is 4.94. The zero-order valence-corrected chi connectivity index (χ0v) is 9.16. The van der Waals surface area contributed by atoms with E-state index in [0.717, 1.165) is 18.8 Å². The third-order valence-electron chi connectivity index (χ3n) is 1.91.